The molecule has 0 spiro atoms. The summed E-state index contributed by atoms with van der Waals surface area (Å²) in [5.41, 5.74) is 5.59. The Balaban J connectivity index is 2.71. The van der Waals surface area contributed by atoms with Gasteiger partial charge < -0.3 is 15.7 Å². The van der Waals surface area contributed by atoms with Crippen molar-refractivity contribution >= 4 is 23.2 Å². The first kappa shape index (κ1) is 11.6. The number of hydrogen-bond acceptors (Lipinski definition) is 5. The van der Waals surface area contributed by atoms with Gasteiger partial charge in [0.15, 0.2) is 0 Å². The number of carboxylic acid groups (broad SMARTS) is 1. The van der Waals surface area contributed by atoms with Crippen molar-refractivity contribution in [2.75, 3.05) is 13.6 Å². The predicted octanol–water partition coefficient (Wildman–Crippen LogP) is -0.242. The minimum atomic E-state index is -1.06. The highest BCUT2D eigenvalue weighted by atomic mass is 32.1. The SMILES string of the molecule is CN(CC(=O)O)C(=O)c1csc(CN)n1. The number of thiazole rings is 1. The molecular weight excluding hydrogens is 218 g/mol. The number of carbonyl (C=O) groups is 2. The van der Waals surface area contributed by atoms with Crippen LogP contribution in [0.1, 0.15) is 15.5 Å². The molecule has 0 aliphatic rings. The Morgan fingerprint density at radius 3 is 2.80 bits per heavy atom. The minimum absolute atomic E-state index is 0.240. The number of carboxylic acids is 1. The van der Waals surface area contributed by atoms with Crippen molar-refractivity contribution in [1.82, 2.24) is 9.88 Å². The summed E-state index contributed by atoms with van der Waals surface area (Å²) in [6.07, 6.45) is 0. The average Bonchev–Trinajstić information content (AvgIpc) is 2.63. The molecule has 1 rings (SSSR count). The number of nitrogens with zero attached hydrogens (tertiary/aromatic N) is 2. The van der Waals surface area contributed by atoms with Crippen LogP contribution in [0.2, 0.25) is 0 Å². The van der Waals surface area contributed by atoms with Crippen molar-refractivity contribution in [3.63, 3.8) is 0 Å². The zero-order valence-corrected chi connectivity index (χ0v) is 8.95. The molecule has 0 aliphatic heterocycles. The topological polar surface area (TPSA) is 96.5 Å². The molecule has 0 saturated heterocycles. The first-order chi connectivity index (χ1) is 7.04. The third kappa shape index (κ3) is 3.00. The fraction of sp³-hybridized carbons (Fsp3) is 0.375. The summed E-state index contributed by atoms with van der Waals surface area (Å²) >= 11 is 1.28. The van der Waals surface area contributed by atoms with Crippen LogP contribution in [0, 0.1) is 0 Å². The van der Waals surface area contributed by atoms with E-state index in [4.69, 9.17) is 10.8 Å². The van der Waals surface area contributed by atoms with E-state index < -0.39 is 11.9 Å². The molecule has 0 radical (unpaired) electrons. The van der Waals surface area contributed by atoms with E-state index in [1.807, 2.05) is 0 Å². The highest BCUT2D eigenvalue weighted by molar-refractivity contribution is 7.09. The molecule has 1 heterocycles. The Bertz CT molecular complexity index is 377. The van der Waals surface area contributed by atoms with E-state index >= 15 is 0 Å². The normalized spacial score (nSPS) is 10.0. The lowest BCUT2D eigenvalue weighted by Gasteiger charge is -2.12. The maximum atomic E-state index is 11.6. The fourth-order valence-corrected chi connectivity index (χ4v) is 1.62. The Morgan fingerprint density at radius 1 is 1.67 bits per heavy atom. The molecule has 0 unspecified atom stereocenters. The molecule has 0 bridgehead atoms. The van der Waals surface area contributed by atoms with Gasteiger partial charge in [0, 0.05) is 19.0 Å². The standard InChI is InChI=1S/C8H11N3O3S/c1-11(3-7(12)13)8(14)5-4-15-6(2-9)10-5/h4H,2-3,9H2,1H3,(H,12,13). The van der Waals surface area contributed by atoms with E-state index in [2.05, 4.69) is 4.98 Å². The Kier molecular flexibility index (Phi) is 3.75. The maximum absolute atomic E-state index is 11.6. The predicted molar refractivity (Wildman–Crippen MR) is 54.6 cm³/mol. The van der Waals surface area contributed by atoms with Gasteiger partial charge in [-0.05, 0) is 0 Å². The minimum Gasteiger partial charge on any atom is -0.480 e. The third-order valence-electron chi connectivity index (χ3n) is 1.66. The molecule has 15 heavy (non-hydrogen) atoms. The molecule has 0 saturated carbocycles. The van der Waals surface area contributed by atoms with Crippen LogP contribution in [0.4, 0.5) is 0 Å². The van der Waals surface area contributed by atoms with Crippen molar-refractivity contribution < 1.29 is 14.7 Å². The van der Waals surface area contributed by atoms with Crippen LogP contribution in [-0.4, -0.2) is 40.5 Å². The number of hydrogen-bond donors (Lipinski definition) is 2. The second-order valence-electron chi connectivity index (χ2n) is 2.89. The summed E-state index contributed by atoms with van der Waals surface area (Å²) in [5.74, 6) is -1.46. The molecule has 1 amide bonds. The second-order valence-corrected chi connectivity index (χ2v) is 3.83. The number of aliphatic carboxylic acids is 1. The van der Waals surface area contributed by atoms with E-state index in [9.17, 15) is 9.59 Å². The van der Waals surface area contributed by atoms with Gasteiger partial charge in [0.25, 0.3) is 5.91 Å². The van der Waals surface area contributed by atoms with Gasteiger partial charge >= 0.3 is 5.97 Å². The molecule has 6 nitrogen and oxygen atoms in total. The number of aromatic nitrogens is 1. The molecule has 1 aromatic rings. The summed E-state index contributed by atoms with van der Waals surface area (Å²) in [7, 11) is 1.41. The molecule has 82 valence electrons. The van der Waals surface area contributed by atoms with Crippen molar-refractivity contribution in [3.05, 3.63) is 16.1 Å². The van der Waals surface area contributed by atoms with Crippen molar-refractivity contribution in [1.29, 1.82) is 0 Å². The zero-order chi connectivity index (χ0) is 11.4. The maximum Gasteiger partial charge on any atom is 0.323 e. The van der Waals surface area contributed by atoms with Crippen LogP contribution in [0.15, 0.2) is 5.38 Å². The van der Waals surface area contributed by atoms with Crippen LogP contribution in [0.25, 0.3) is 0 Å². The Hall–Kier alpha value is -1.47. The van der Waals surface area contributed by atoms with Crippen LogP contribution < -0.4 is 5.73 Å². The van der Waals surface area contributed by atoms with Crippen LogP contribution >= 0.6 is 11.3 Å². The van der Waals surface area contributed by atoms with Crippen LogP contribution in [0.3, 0.4) is 0 Å². The average molecular weight is 229 g/mol. The van der Waals surface area contributed by atoms with E-state index in [-0.39, 0.29) is 18.8 Å². The quantitative estimate of drug-likeness (QED) is 0.742. The van der Waals surface area contributed by atoms with Crippen molar-refractivity contribution in [3.8, 4) is 0 Å². The summed E-state index contributed by atoms with van der Waals surface area (Å²) in [5, 5.41) is 10.7. The molecule has 0 aromatic carbocycles. The first-order valence-corrected chi connectivity index (χ1v) is 5.04. The highest BCUT2D eigenvalue weighted by Crippen LogP contribution is 2.10. The molecule has 7 heteroatoms. The molecule has 0 atom stereocenters. The summed E-state index contributed by atoms with van der Waals surface area (Å²) in [4.78, 5) is 27.0. The highest BCUT2D eigenvalue weighted by Gasteiger charge is 2.16. The summed E-state index contributed by atoms with van der Waals surface area (Å²) in [6, 6.07) is 0. The van der Waals surface area contributed by atoms with Crippen molar-refractivity contribution in [2.45, 2.75) is 6.54 Å². The van der Waals surface area contributed by atoms with Gasteiger partial charge in [-0.15, -0.1) is 11.3 Å². The van der Waals surface area contributed by atoms with Gasteiger partial charge in [0.1, 0.15) is 17.2 Å². The number of likely N-dealkylation sites (N-methyl/N-ethyl adjacent to an activating group) is 1. The van der Waals surface area contributed by atoms with E-state index in [0.29, 0.717) is 5.01 Å². The first-order valence-electron chi connectivity index (χ1n) is 4.16. The largest absolute Gasteiger partial charge is 0.480 e. The van der Waals surface area contributed by atoms with Gasteiger partial charge in [0.2, 0.25) is 0 Å². The lowest BCUT2D eigenvalue weighted by Crippen LogP contribution is -2.32. The van der Waals surface area contributed by atoms with Gasteiger partial charge in [-0.3, -0.25) is 9.59 Å². The molecule has 1 aromatic heterocycles. The van der Waals surface area contributed by atoms with Crippen LogP contribution in [0.5, 0.6) is 0 Å². The smallest absolute Gasteiger partial charge is 0.323 e. The van der Waals surface area contributed by atoms with E-state index in [1.165, 1.54) is 18.4 Å². The number of nitrogens with two attached hydrogens (primary N) is 1. The Labute approximate surface area is 90.3 Å². The van der Waals surface area contributed by atoms with Gasteiger partial charge in [-0.25, -0.2) is 4.98 Å². The second kappa shape index (κ2) is 4.85. The molecular formula is C8H11N3O3S. The summed E-state index contributed by atoms with van der Waals surface area (Å²) < 4.78 is 0. The van der Waals surface area contributed by atoms with E-state index in [1.54, 1.807) is 5.38 Å². The number of carbonyl (C=O) groups excluding carboxylic acids is 1. The molecule has 0 aliphatic carbocycles. The van der Waals surface area contributed by atoms with E-state index in [0.717, 1.165) is 4.90 Å². The Morgan fingerprint density at radius 2 is 2.33 bits per heavy atom. The van der Waals surface area contributed by atoms with Gasteiger partial charge in [-0.1, -0.05) is 0 Å². The monoisotopic (exact) mass is 229 g/mol. The number of rotatable bonds is 4. The van der Waals surface area contributed by atoms with Gasteiger partial charge in [0.05, 0.1) is 0 Å². The van der Waals surface area contributed by atoms with Crippen molar-refractivity contribution in [2.24, 2.45) is 5.73 Å². The summed E-state index contributed by atoms with van der Waals surface area (Å²) in [6.45, 7) is -0.0606. The fourth-order valence-electron chi connectivity index (χ4n) is 0.973. The lowest BCUT2D eigenvalue weighted by molar-refractivity contribution is -0.137. The third-order valence-corrected chi connectivity index (χ3v) is 2.54. The van der Waals surface area contributed by atoms with Crippen LogP contribution in [-0.2, 0) is 11.3 Å². The molecule has 0 fully saturated rings. The molecule has 3 N–H and O–H groups in total. The van der Waals surface area contributed by atoms with Gasteiger partial charge in [-0.2, -0.15) is 0 Å². The lowest BCUT2D eigenvalue weighted by atomic mass is 10.4. The number of amides is 1. The zero-order valence-electron chi connectivity index (χ0n) is 8.14.